The van der Waals surface area contributed by atoms with E-state index in [-0.39, 0.29) is 0 Å². The van der Waals surface area contributed by atoms with Gasteiger partial charge in [0.25, 0.3) is 0 Å². The first-order chi connectivity index (χ1) is 9.17. The maximum atomic E-state index is 5.98. The third-order valence-corrected chi connectivity index (χ3v) is 5.27. The van der Waals surface area contributed by atoms with Crippen molar-refractivity contribution in [1.29, 1.82) is 0 Å². The van der Waals surface area contributed by atoms with Crippen LogP contribution in [0.1, 0.15) is 38.2 Å². The monoisotopic (exact) mass is 278 g/mol. The molecule has 1 aromatic rings. The van der Waals surface area contributed by atoms with Crippen molar-refractivity contribution in [3.8, 4) is 0 Å². The van der Waals surface area contributed by atoms with Crippen molar-refractivity contribution in [3.63, 3.8) is 0 Å². The fraction of sp³-hybridized carbons (Fsp3) is 0.625. The summed E-state index contributed by atoms with van der Waals surface area (Å²) in [5.74, 6) is 0.899. The van der Waals surface area contributed by atoms with E-state index in [1.807, 2.05) is 0 Å². The predicted molar refractivity (Wildman–Crippen MR) is 85.9 cm³/mol. The normalized spacial score (nSPS) is 23.4. The molecule has 0 radical (unpaired) electrons. The molecular weight excluding hydrogens is 252 g/mol. The van der Waals surface area contributed by atoms with E-state index in [2.05, 4.69) is 43.3 Å². The van der Waals surface area contributed by atoms with E-state index in [0.29, 0.717) is 12.6 Å². The second kappa shape index (κ2) is 6.67. The van der Waals surface area contributed by atoms with Gasteiger partial charge in [-0.25, -0.2) is 0 Å². The van der Waals surface area contributed by atoms with Gasteiger partial charge in [-0.05, 0) is 50.0 Å². The molecule has 106 valence electrons. The highest BCUT2D eigenvalue weighted by Crippen LogP contribution is 2.34. The number of hydrogen-bond acceptors (Lipinski definition) is 3. The standard InChI is InChI=1S/C16H26N2S/c1-12-7-9-13(10-8-12)18(2)15-5-4-6-16(19-3)14(15)11-17/h4-6,12-13H,7-11,17H2,1-3H3. The second-order valence-electron chi connectivity index (χ2n) is 5.69. The summed E-state index contributed by atoms with van der Waals surface area (Å²) >= 11 is 1.79. The van der Waals surface area contributed by atoms with Crippen LogP contribution in [0.2, 0.25) is 0 Å². The van der Waals surface area contributed by atoms with Gasteiger partial charge < -0.3 is 10.6 Å². The number of anilines is 1. The summed E-state index contributed by atoms with van der Waals surface area (Å²) in [6, 6.07) is 7.23. The first-order valence-electron chi connectivity index (χ1n) is 7.26. The van der Waals surface area contributed by atoms with E-state index >= 15 is 0 Å². The Hall–Kier alpha value is -0.670. The molecule has 19 heavy (non-hydrogen) atoms. The summed E-state index contributed by atoms with van der Waals surface area (Å²) in [4.78, 5) is 3.78. The van der Waals surface area contributed by atoms with Gasteiger partial charge in [0, 0.05) is 35.8 Å². The molecule has 2 nitrogen and oxygen atoms in total. The molecule has 1 aromatic carbocycles. The molecule has 0 heterocycles. The molecule has 1 fully saturated rings. The first-order valence-corrected chi connectivity index (χ1v) is 8.48. The minimum Gasteiger partial charge on any atom is -0.371 e. The largest absolute Gasteiger partial charge is 0.371 e. The summed E-state index contributed by atoms with van der Waals surface area (Å²) in [5.41, 5.74) is 8.61. The number of thioether (sulfide) groups is 1. The van der Waals surface area contributed by atoms with Gasteiger partial charge in [-0.15, -0.1) is 11.8 Å². The van der Waals surface area contributed by atoms with Gasteiger partial charge >= 0.3 is 0 Å². The van der Waals surface area contributed by atoms with Crippen molar-refractivity contribution >= 4 is 17.4 Å². The van der Waals surface area contributed by atoms with E-state index in [1.165, 1.54) is 41.8 Å². The van der Waals surface area contributed by atoms with Gasteiger partial charge in [0.15, 0.2) is 0 Å². The number of hydrogen-bond donors (Lipinski definition) is 1. The lowest BCUT2D eigenvalue weighted by molar-refractivity contribution is 0.340. The average Bonchev–Trinajstić information content (AvgIpc) is 2.46. The van der Waals surface area contributed by atoms with Crippen molar-refractivity contribution in [3.05, 3.63) is 23.8 Å². The fourth-order valence-electron chi connectivity index (χ4n) is 3.11. The molecule has 0 unspecified atom stereocenters. The fourth-order valence-corrected chi connectivity index (χ4v) is 3.76. The molecule has 1 aliphatic rings. The van der Waals surface area contributed by atoms with Crippen LogP contribution in [0.25, 0.3) is 0 Å². The molecule has 2 N–H and O–H groups in total. The Morgan fingerprint density at radius 1 is 1.26 bits per heavy atom. The quantitative estimate of drug-likeness (QED) is 0.847. The van der Waals surface area contributed by atoms with E-state index in [4.69, 9.17) is 5.73 Å². The summed E-state index contributed by atoms with van der Waals surface area (Å²) < 4.78 is 0. The van der Waals surface area contributed by atoms with Gasteiger partial charge in [0.2, 0.25) is 0 Å². The van der Waals surface area contributed by atoms with Crippen LogP contribution in [0.4, 0.5) is 5.69 Å². The maximum Gasteiger partial charge on any atom is 0.0422 e. The average molecular weight is 278 g/mol. The smallest absolute Gasteiger partial charge is 0.0422 e. The molecule has 0 spiro atoms. The number of nitrogens with zero attached hydrogens (tertiary/aromatic N) is 1. The zero-order chi connectivity index (χ0) is 13.8. The highest BCUT2D eigenvalue weighted by atomic mass is 32.2. The highest BCUT2D eigenvalue weighted by molar-refractivity contribution is 7.98. The Labute approximate surface area is 121 Å². The second-order valence-corrected chi connectivity index (χ2v) is 6.53. The molecule has 0 amide bonds. The molecule has 1 saturated carbocycles. The van der Waals surface area contributed by atoms with Crippen LogP contribution in [-0.4, -0.2) is 19.3 Å². The molecular formula is C16H26N2S. The molecule has 0 atom stereocenters. The van der Waals surface area contributed by atoms with Crippen LogP contribution in [0.15, 0.2) is 23.1 Å². The molecule has 2 rings (SSSR count). The highest BCUT2D eigenvalue weighted by Gasteiger charge is 2.23. The Bertz CT molecular complexity index is 411. The van der Waals surface area contributed by atoms with Crippen LogP contribution >= 0.6 is 11.8 Å². The van der Waals surface area contributed by atoms with Crippen molar-refractivity contribution in [2.24, 2.45) is 11.7 Å². The van der Waals surface area contributed by atoms with Crippen LogP contribution in [-0.2, 0) is 6.54 Å². The van der Waals surface area contributed by atoms with Crippen molar-refractivity contribution in [2.45, 2.75) is 50.1 Å². The molecule has 0 bridgehead atoms. The number of nitrogens with two attached hydrogens (primary N) is 1. The summed E-state index contributed by atoms with van der Waals surface area (Å²) in [5, 5.41) is 0. The van der Waals surface area contributed by atoms with Crippen molar-refractivity contribution in [2.75, 3.05) is 18.2 Å². The van der Waals surface area contributed by atoms with E-state index in [9.17, 15) is 0 Å². The first kappa shape index (κ1) is 14.7. The minimum atomic E-state index is 0.625. The lowest BCUT2D eigenvalue weighted by Gasteiger charge is -2.36. The third-order valence-electron chi connectivity index (χ3n) is 4.45. The SMILES string of the molecule is CSc1cccc(N(C)C2CCC(C)CC2)c1CN. The van der Waals surface area contributed by atoms with E-state index < -0.39 is 0 Å². The number of rotatable bonds is 4. The topological polar surface area (TPSA) is 29.3 Å². The lowest BCUT2D eigenvalue weighted by atomic mass is 9.86. The molecule has 0 aromatic heterocycles. The van der Waals surface area contributed by atoms with E-state index in [0.717, 1.165) is 5.92 Å². The van der Waals surface area contributed by atoms with Gasteiger partial charge in [-0.2, -0.15) is 0 Å². The van der Waals surface area contributed by atoms with Crippen LogP contribution < -0.4 is 10.6 Å². The molecule has 0 saturated heterocycles. The predicted octanol–water partition coefficient (Wildman–Crippen LogP) is 3.88. The Kier molecular flexibility index (Phi) is 5.17. The maximum absolute atomic E-state index is 5.98. The Morgan fingerprint density at radius 2 is 1.95 bits per heavy atom. The third kappa shape index (κ3) is 3.26. The lowest BCUT2D eigenvalue weighted by Crippen LogP contribution is -2.35. The minimum absolute atomic E-state index is 0.625. The van der Waals surface area contributed by atoms with Gasteiger partial charge in [0.05, 0.1) is 0 Å². The Balaban J connectivity index is 2.21. The zero-order valence-electron chi connectivity index (χ0n) is 12.4. The summed E-state index contributed by atoms with van der Waals surface area (Å²) in [7, 11) is 2.24. The van der Waals surface area contributed by atoms with Crippen molar-refractivity contribution < 1.29 is 0 Å². The summed E-state index contributed by atoms with van der Waals surface area (Å²) in [6.07, 6.45) is 7.46. The Morgan fingerprint density at radius 3 is 2.53 bits per heavy atom. The molecule has 1 aliphatic carbocycles. The zero-order valence-corrected chi connectivity index (χ0v) is 13.2. The van der Waals surface area contributed by atoms with Gasteiger partial charge in [0.1, 0.15) is 0 Å². The van der Waals surface area contributed by atoms with Gasteiger partial charge in [-0.1, -0.05) is 13.0 Å². The summed E-state index contributed by atoms with van der Waals surface area (Å²) in [6.45, 7) is 3.00. The van der Waals surface area contributed by atoms with Crippen LogP contribution in [0, 0.1) is 5.92 Å². The van der Waals surface area contributed by atoms with Crippen LogP contribution in [0.3, 0.4) is 0 Å². The van der Waals surface area contributed by atoms with E-state index in [1.54, 1.807) is 11.8 Å². The van der Waals surface area contributed by atoms with Crippen LogP contribution in [0.5, 0.6) is 0 Å². The van der Waals surface area contributed by atoms with Crippen molar-refractivity contribution in [1.82, 2.24) is 0 Å². The molecule has 0 aliphatic heterocycles. The molecule has 3 heteroatoms. The van der Waals surface area contributed by atoms with Gasteiger partial charge in [-0.3, -0.25) is 0 Å². The number of benzene rings is 1.